The number of hydrogen-bond acceptors (Lipinski definition) is 6. The Hall–Kier alpha value is -2.63. The molecular weight excluding hydrogens is 254 g/mol. The second-order valence-corrected chi connectivity index (χ2v) is 4.28. The van der Waals surface area contributed by atoms with E-state index in [0.717, 1.165) is 12.2 Å². The summed E-state index contributed by atoms with van der Waals surface area (Å²) in [5.41, 5.74) is 7.83. The summed E-state index contributed by atoms with van der Waals surface area (Å²) >= 11 is 0. The highest BCUT2D eigenvalue weighted by Gasteiger charge is 2.08. The molecule has 0 fully saturated rings. The van der Waals surface area contributed by atoms with Crippen LogP contribution in [0.15, 0.2) is 30.6 Å². The first-order valence-electron chi connectivity index (χ1n) is 6.34. The average Bonchev–Trinajstić information content (AvgIpc) is 2.44. The maximum Gasteiger partial charge on any atom is 0.159 e. The molecule has 2 rings (SSSR count). The van der Waals surface area contributed by atoms with Crippen molar-refractivity contribution in [2.45, 2.75) is 13.8 Å². The molecule has 0 aliphatic heterocycles. The Kier molecular flexibility index (Phi) is 4.14. The van der Waals surface area contributed by atoms with Gasteiger partial charge in [-0.25, -0.2) is 9.97 Å². The Morgan fingerprint density at radius 2 is 2.05 bits per heavy atom. The molecule has 0 atom stereocenters. The fourth-order valence-corrected chi connectivity index (χ4v) is 1.76. The maximum absolute atomic E-state index is 11.4. The zero-order valence-electron chi connectivity index (χ0n) is 11.5. The second-order valence-electron chi connectivity index (χ2n) is 4.28. The average molecular weight is 271 g/mol. The summed E-state index contributed by atoms with van der Waals surface area (Å²) < 4.78 is 0. The summed E-state index contributed by atoms with van der Waals surface area (Å²) in [5.74, 6) is 1.11. The van der Waals surface area contributed by atoms with Crippen molar-refractivity contribution >= 4 is 28.8 Å². The molecule has 6 nitrogen and oxygen atoms in total. The molecule has 0 saturated carbocycles. The van der Waals surface area contributed by atoms with E-state index in [4.69, 9.17) is 5.73 Å². The molecule has 0 aliphatic carbocycles. The van der Waals surface area contributed by atoms with Gasteiger partial charge in [0.1, 0.15) is 12.0 Å². The van der Waals surface area contributed by atoms with E-state index < -0.39 is 0 Å². The molecule has 4 N–H and O–H groups in total. The van der Waals surface area contributed by atoms with E-state index in [1.807, 2.05) is 19.1 Å². The van der Waals surface area contributed by atoms with Gasteiger partial charge in [-0.1, -0.05) is 12.1 Å². The number of aromatic nitrogens is 2. The highest BCUT2D eigenvalue weighted by atomic mass is 16.1. The standard InChI is InChI=1S/C14H17N5O/c1-3-16-13-12(15)14(18-8-17-13)19-11-6-4-5-10(7-11)9(2)20/h4-8H,3,15H2,1-2H3,(H2,16,17,18,19). The Labute approximate surface area is 117 Å². The first-order chi connectivity index (χ1) is 9.61. The third-order valence-corrected chi connectivity index (χ3v) is 2.76. The molecule has 0 amide bonds. The van der Waals surface area contributed by atoms with Crippen LogP contribution in [0.2, 0.25) is 0 Å². The van der Waals surface area contributed by atoms with Gasteiger partial charge in [-0.15, -0.1) is 0 Å². The van der Waals surface area contributed by atoms with Crippen molar-refractivity contribution in [1.29, 1.82) is 0 Å². The van der Waals surface area contributed by atoms with E-state index in [1.54, 1.807) is 12.1 Å². The molecule has 1 aromatic carbocycles. The molecule has 1 heterocycles. The summed E-state index contributed by atoms with van der Waals surface area (Å²) in [6, 6.07) is 7.18. The number of carbonyl (C=O) groups is 1. The highest BCUT2D eigenvalue weighted by molar-refractivity contribution is 5.95. The lowest BCUT2D eigenvalue weighted by molar-refractivity contribution is 0.101. The van der Waals surface area contributed by atoms with E-state index in [1.165, 1.54) is 13.3 Å². The highest BCUT2D eigenvalue weighted by Crippen LogP contribution is 2.25. The van der Waals surface area contributed by atoms with Gasteiger partial charge >= 0.3 is 0 Å². The molecule has 2 aromatic rings. The van der Waals surface area contributed by atoms with E-state index in [9.17, 15) is 4.79 Å². The molecular formula is C14H17N5O. The summed E-state index contributed by atoms with van der Waals surface area (Å²) in [5, 5.41) is 6.16. The fourth-order valence-electron chi connectivity index (χ4n) is 1.76. The lowest BCUT2D eigenvalue weighted by atomic mass is 10.1. The van der Waals surface area contributed by atoms with Crippen molar-refractivity contribution in [2.75, 3.05) is 22.9 Å². The van der Waals surface area contributed by atoms with Crippen LogP contribution in [0.5, 0.6) is 0 Å². The Morgan fingerprint density at radius 1 is 1.30 bits per heavy atom. The van der Waals surface area contributed by atoms with Gasteiger partial charge in [-0.3, -0.25) is 4.79 Å². The van der Waals surface area contributed by atoms with Crippen molar-refractivity contribution in [1.82, 2.24) is 9.97 Å². The molecule has 0 spiro atoms. The molecule has 20 heavy (non-hydrogen) atoms. The maximum atomic E-state index is 11.4. The second kappa shape index (κ2) is 6.01. The van der Waals surface area contributed by atoms with Gasteiger partial charge in [-0.2, -0.15) is 0 Å². The predicted molar refractivity (Wildman–Crippen MR) is 80.3 cm³/mol. The monoisotopic (exact) mass is 271 g/mol. The van der Waals surface area contributed by atoms with Crippen molar-refractivity contribution < 1.29 is 4.79 Å². The Bertz CT molecular complexity index is 627. The van der Waals surface area contributed by atoms with E-state index in [0.29, 0.717) is 22.9 Å². The number of ketones is 1. The van der Waals surface area contributed by atoms with Crippen LogP contribution >= 0.6 is 0 Å². The van der Waals surface area contributed by atoms with Gasteiger partial charge in [0.15, 0.2) is 17.4 Å². The summed E-state index contributed by atoms with van der Waals surface area (Å²) in [6.07, 6.45) is 1.44. The number of rotatable bonds is 5. The number of nitrogens with two attached hydrogens (primary N) is 1. The van der Waals surface area contributed by atoms with E-state index in [-0.39, 0.29) is 5.78 Å². The third-order valence-electron chi connectivity index (χ3n) is 2.76. The van der Waals surface area contributed by atoms with Crippen LogP contribution in [0.4, 0.5) is 23.0 Å². The number of nitrogens with zero attached hydrogens (tertiary/aromatic N) is 2. The van der Waals surface area contributed by atoms with Gasteiger partial charge < -0.3 is 16.4 Å². The minimum atomic E-state index is 0.0117. The largest absolute Gasteiger partial charge is 0.393 e. The first kappa shape index (κ1) is 13.8. The van der Waals surface area contributed by atoms with Crippen LogP contribution < -0.4 is 16.4 Å². The van der Waals surface area contributed by atoms with Crippen LogP contribution in [-0.4, -0.2) is 22.3 Å². The zero-order valence-corrected chi connectivity index (χ0v) is 11.5. The molecule has 1 aromatic heterocycles. The minimum Gasteiger partial charge on any atom is -0.393 e. The minimum absolute atomic E-state index is 0.0117. The van der Waals surface area contributed by atoms with E-state index >= 15 is 0 Å². The molecule has 104 valence electrons. The number of nitrogens with one attached hydrogen (secondary N) is 2. The number of hydrogen-bond donors (Lipinski definition) is 3. The van der Waals surface area contributed by atoms with Crippen LogP contribution in [0.3, 0.4) is 0 Å². The lowest BCUT2D eigenvalue weighted by Gasteiger charge is -2.12. The predicted octanol–water partition coefficient (Wildman–Crippen LogP) is 2.44. The SMILES string of the molecule is CCNc1ncnc(Nc2cccc(C(C)=O)c2)c1N. The van der Waals surface area contributed by atoms with Crippen molar-refractivity contribution in [3.05, 3.63) is 36.2 Å². The van der Waals surface area contributed by atoms with Gasteiger partial charge in [0.25, 0.3) is 0 Å². The van der Waals surface area contributed by atoms with Crippen molar-refractivity contribution in [3.63, 3.8) is 0 Å². The lowest BCUT2D eigenvalue weighted by Crippen LogP contribution is -2.07. The number of benzene rings is 1. The Morgan fingerprint density at radius 3 is 2.75 bits per heavy atom. The first-order valence-corrected chi connectivity index (χ1v) is 6.34. The van der Waals surface area contributed by atoms with Crippen molar-refractivity contribution in [2.24, 2.45) is 0 Å². The quantitative estimate of drug-likeness (QED) is 0.723. The summed E-state index contributed by atoms with van der Waals surface area (Å²) in [6.45, 7) is 4.22. The van der Waals surface area contributed by atoms with E-state index in [2.05, 4.69) is 20.6 Å². The van der Waals surface area contributed by atoms with Gasteiger partial charge in [0.2, 0.25) is 0 Å². The van der Waals surface area contributed by atoms with Crippen LogP contribution in [-0.2, 0) is 0 Å². The fraction of sp³-hybridized carbons (Fsp3) is 0.214. The molecule has 0 aliphatic rings. The zero-order chi connectivity index (χ0) is 14.5. The number of anilines is 4. The summed E-state index contributed by atoms with van der Waals surface area (Å²) in [7, 11) is 0. The molecule has 0 unspecified atom stereocenters. The number of carbonyl (C=O) groups excluding carboxylic acids is 1. The van der Waals surface area contributed by atoms with Crippen LogP contribution in [0.25, 0.3) is 0 Å². The molecule has 6 heteroatoms. The Balaban J connectivity index is 2.28. The normalized spacial score (nSPS) is 10.1. The third kappa shape index (κ3) is 3.03. The smallest absolute Gasteiger partial charge is 0.159 e. The number of nitrogen functional groups attached to an aromatic ring is 1. The topological polar surface area (TPSA) is 92.9 Å². The molecule has 0 saturated heterocycles. The van der Waals surface area contributed by atoms with Crippen LogP contribution in [0.1, 0.15) is 24.2 Å². The van der Waals surface area contributed by atoms with Gasteiger partial charge in [0.05, 0.1) is 0 Å². The molecule has 0 radical (unpaired) electrons. The van der Waals surface area contributed by atoms with Gasteiger partial charge in [-0.05, 0) is 26.0 Å². The van der Waals surface area contributed by atoms with Gasteiger partial charge in [0, 0.05) is 17.8 Å². The summed E-state index contributed by atoms with van der Waals surface area (Å²) in [4.78, 5) is 19.6. The number of Topliss-reactive ketones (excluding diaryl/α,β-unsaturated/α-hetero) is 1. The van der Waals surface area contributed by atoms with Crippen molar-refractivity contribution in [3.8, 4) is 0 Å². The molecule has 0 bridgehead atoms. The van der Waals surface area contributed by atoms with Crippen LogP contribution in [0, 0.1) is 0 Å².